The molecule has 0 saturated heterocycles. The zero-order valence-corrected chi connectivity index (χ0v) is 12.3. The van der Waals surface area contributed by atoms with Gasteiger partial charge in [-0.3, -0.25) is 9.78 Å². The van der Waals surface area contributed by atoms with Gasteiger partial charge in [-0.25, -0.2) is 4.79 Å². The van der Waals surface area contributed by atoms with E-state index in [4.69, 9.17) is 9.63 Å². The molecule has 0 aliphatic carbocycles. The number of hydrogen-bond donors (Lipinski definition) is 2. The van der Waals surface area contributed by atoms with Crippen LogP contribution in [0.1, 0.15) is 30.8 Å². The number of carboxylic acid groups (broad SMARTS) is 1. The van der Waals surface area contributed by atoms with E-state index in [1.54, 1.807) is 24.4 Å². The number of pyridine rings is 1. The molecular formula is C15H17N3O4. The maximum atomic E-state index is 12.1. The summed E-state index contributed by atoms with van der Waals surface area (Å²) in [6, 6.07) is 5.76. The molecule has 2 rings (SSSR count). The second-order valence-electron chi connectivity index (χ2n) is 5.29. The van der Waals surface area contributed by atoms with E-state index in [9.17, 15) is 9.59 Å². The minimum absolute atomic E-state index is 0.0457. The Morgan fingerprint density at radius 1 is 1.32 bits per heavy atom. The van der Waals surface area contributed by atoms with Crippen molar-refractivity contribution in [2.75, 3.05) is 0 Å². The molecule has 7 nitrogen and oxygen atoms in total. The Morgan fingerprint density at radius 2 is 2.09 bits per heavy atom. The van der Waals surface area contributed by atoms with Crippen molar-refractivity contribution in [3.05, 3.63) is 36.2 Å². The van der Waals surface area contributed by atoms with Crippen LogP contribution in [0.3, 0.4) is 0 Å². The minimum Gasteiger partial charge on any atom is -0.480 e. The summed E-state index contributed by atoms with van der Waals surface area (Å²) in [5, 5.41) is 15.3. The molecule has 0 aliphatic heterocycles. The highest BCUT2D eigenvalue weighted by Gasteiger charge is 2.24. The number of amides is 1. The lowest BCUT2D eigenvalue weighted by Crippen LogP contribution is -2.41. The third kappa shape index (κ3) is 3.91. The zero-order chi connectivity index (χ0) is 16.1. The number of nitrogens with one attached hydrogen (secondary N) is 1. The Bertz CT molecular complexity index is 652. The maximum absolute atomic E-state index is 12.1. The Balaban J connectivity index is 2.10. The van der Waals surface area contributed by atoms with Gasteiger partial charge in [-0.05, 0) is 24.5 Å². The zero-order valence-electron chi connectivity index (χ0n) is 12.3. The lowest BCUT2D eigenvalue weighted by Gasteiger charge is -2.15. The van der Waals surface area contributed by atoms with Crippen LogP contribution in [0.4, 0.5) is 0 Å². The molecule has 2 N–H and O–H groups in total. The summed E-state index contributed by atoms with van der Waals surface area (Å²) in [4.78, 5) is 27.3. The van der Waals surface area contributed by atoms with Crippen molar-refractivity contribution in [2.24, 2.45) is 5.92 Å². The van der Waals surface area contributed by atoms with E-state index in [0.29, 0.717) is 17.8 Å². The van der Waals surface area contributed by atoms with E-state index in [1.165, 1.54) is 6.07 Å². The fraction of sp³-hybridized carbons (Fsp3) is 0.333. The molecule has 2 heterocycles. The molecule has 2 aromatic rings. The first-order valence-electron chi connectivity index (χ1n) is 6.89. The molecule has 1 unspecified atom stereocenters. The number of carbonyl (C=O) groups is 2. The molecule has 0 aromatic carbocycles. The van der Waals surface area contributed by atoms with Crippen molar-refractivity contribution in [1.29, 1.82) is 0 Å². The SMILES string of the molecule is CC(C)CC(NC(=O)c1cc(-c2ccccn2)no1)C(=O)O. The van der Waals surface area contributed by atoms with Crippen LogP contribution in [0, 0.1) is 5.92 Å². The molecule has 116 valence electrons. The number of hydrogen-bond acceptors (Lipinski definition) is 5. The predicted molar refractivity (Wildman–Crippen MR) is 78.1 cm³/mol. The second kappa shape index (κ2) is 6.84. The Labute approximate surface area is 127 Å². The number of rotatable bonds is 6. The average molecular weight is 303 g/mol. The van der Waals surface area contributed by atoms with Crippen LogP contribution in [0.15, 0.2) is 35.0 Å². The first kappa shape index (κ1) is 15.7. The van der Waals surface area contributed by atoms with E-state index >= 15 is 0 Å². The summed E-state index contributed by atoms with van der Waals surface area (Å²) in [6.07, 6.45) is 1.94. The first-order valence-corrected chi connectivity index (χ1v) is 6.89. The number of aliphatic carboxylic acids is 1. The Kier molecular flexibility index (Phi) is 4.88. The third-order valence-corrected chi connectivity index (χ3v) is 2.97. The molecular weight excluding hydrogens is 286 g/mol. The van der Waals surface area contributed by atoms with Crippen LogP contribution in [0.2, 0.25) is 0 Å². The molecule has 1 amide bonds. The number of carbonyl (C=O) groups excluding carboxylic acids is 1. The summed E-state index contributed by atoms with van der Waals surface area (Å²) in [5.41, 5.74) is 0.990. The van der Waals surface area contributed by atoms with Crippen molar-refractivity contribution >= 4 is 11.9 Å². The summed E-state index contributed by atoms with van der Waals surface area (Å²) >= 11 is 0. The van der Waals surface area contributed by atoms with Gasteiger partial charge in [-0.1, -0.05) is 25.1 Å². The van der Waals surface area contributed by atoms with Gasteiger partial charge in [0.15, 0.2) is 0 Å². The second-order valence-corrected chi connectivity index (χ2v) is 5.29. The molecule has 1 atom stereocenters. The quantitative estimate of drug-likeness (QED) is 0.845. The molecule has 0 spiro atoms. The van der Waals surface area contributed by atoms with Crippen molar-refractivity contribution in [3.8, 4) is 11.4 Å². The van der Waals surface area contributed by atoms with Crippen LogP contribution in [-0.2, 0) is 4.79 Å². The molecule has 0 aliphatic rings. The standard InChI is InChI=1S/C15H17N3O4/c1-9(2)7-12(15(20)21)17-14(19)13-8-11(18-22-13)10-5-3-4-6-16-10/h3-6,8-9,12H,7H2,1-2H3,(H,17,19)(H,20,21). The van der Waals surface area contributed by atoms with Crippen molar-refractivity contribution < 1.29 is 19.2 Å². The number of nitrogens with zero attached hydrogens (tertiary/aromatic N) is 2. The predicted octanol–water partition coefficient (Wildman–Crippen LogP) is 1.97. The average Bonchev–Trinajstić information content (AvgIpc) is 2.96. The van der Waals surface area contributed by atoms with Crippen molar-refractivity contribution in [1.82, 2.24) is 15.5 Å². The fourth-order valence-corrected chi connectivity index (χ4v) is 1.94. The fourth-order valence-electron chi connectivity index (χ4n) is 1.94. The number of aromatic nitrogens is 2. The minimum atomic E-state index is -1.08. The molecule has 0 fully saturated rings. The topological polar surface area (TPSA) is 105 Å². The summed E-state index contributed by atoms with van der Waals surface area (Å²) in [5.74, 6) is -1.59. The molecule has 22 heavy (non-hydrogen) atoms. The Morgan fingerprint density at radius 3 is 2.68 bits per heavy atom. The van der Waals surface area contributed by atoms with E-state index < -0.39 is 17.9 Å². The van der Waals surface area contributed by atoms with Crippen molar-refractivity contribution in [2.45, 2.75) is 26.3 Å². The van der Waals surface area contributed by atoms with Crippen LogP contribution in [-0.4, -0.2) is 33.2 Å². The largest absolute Gasteiger partial charge is 0.480 e. The van der Waals surface area contributed by atoms with Gasteiger partial charge in [0.2, 0.25) is 5.76 Å². The Hall–Kier alpha value is -2.70. The number of carboxylic acids is 1. The van der Waals surface area contributed by atoms with E-state index in [2.05, 4.69) is 15.5 Å². The third-order valence-electron chi connectivity index (χ3n) is 2.97. The lowest BCUT2D eigenvalue weighted by molar-refractivity contribution is -0.139. The van der Waals surface area contributed by atoms with E-state index in [1.807, 2.05) is 13.8 Å². The van der Waals surface area contributed by atoms with Gasteiger partial charge >= 0.3 is 5.97 Å². The highest BCUT2D eigenvalue weighted by Crippen LogP contribution is 2.16. The van der Waals surface area contributed by atoms with Gasteiger partial charge < -0.3 is 14.9 Å². The normalized spacial score (nSPS) is 12.1. The van der Waals surface area contributed by atoms with Gasteiger partial charge in [0.25, 0.3) is 5.91 Å². The van der Waals surface area contributed by atoms with Gasteiger partial charge in [0.1, 0.15) is 11.7 Å². The van der Waals surface area contributed by atoms with Crippen molar-refractivity contribution in [3.63, 3.8) is 0 Å². The highest BCUT2D eigenvalue weighted by molar-refractivity contribution is 5.94. The molecule has 7 heteroatoms. The molecule has 2 aromatic heterocycles. The molecule has 0 radical (unpaired) electrons. The first-order chi connectivity index (χ1) is 10.5. The highest BCUT2D eigenvalue weighted by atomic mass is 16.5. The van der Waals surface area contributed by atoms with Crippen LogP contribution >= 0.6 is 0 Å². The van der Waals surface area contributed by atoms with Gasteiger partial charge in [0.05, 0.1) is 5.69 Å². The van der Waals surface area contributed by atoms with Gasteiger partial charge in [-0.15, -0.1) is 0 Å². The summed E-state index contributed by atoms with van der Waals surface area (Å²) in [7, 11) is 0. The monoisotopic (exact) mass is 303 g/mol. The maximum Gasteiger partial charge on any atom is 0.326 e. The van der Waals surface area contributed by atoms with Crippen LogP contribution in [0.25, 0.3) is 11.4 Å². The smallest absolute Gasteiger partial charge is 0.326 e. The summed E-state index contributed by atoms with van der Waals surface area (Å²) < 4.78 is 4.97. The lowest BCUT2D eigenvalue weighted by atomic mass is 10.0. The van der Waals surface area contributed by atoms with E-state index in [-0.39, 0.29) is 11.7 Å². The summed E-state index contributed by atoms with van der Waals surface area (Å²) in [6.45, 7) is 3.77. The molecule has 0 saturated carbocycles. The van der Waals surface area contributed by atoms with Gasteiger partial charge in [0, 0.05) is 12.3 Å². The van der Waals surface area contributed by atoms with E-state index in [0.717, 1.165) is 0 Å². The van der Waals surface area contributed by atoms with Crippen LogP contribution < -0.4 is 5.32 Å². The molecule has 0 bridgehead atoms. The van der Waals surface area contributed by atoms with Crippen LogP contribution in [0.5, 0.6) is 0 Å². The van der Waals surface area contributed by atoms with Gasteiger partial charge in [-0.2, -0.15) is 0 Å².